The summed E-state index contributed by atoms with van der Waals surface area (Å²) in [6.07, 6.45) is 6.66. The maximum absolute atomic E-state index is 4.32. The number of hydrogen-bond acceptors (Lipinski definition) is 2. The molecule has 3 heteroatoms. The molecule has 3 nitrogen and oxygen atoms in total. The molecular weight excluding hydrogens is 222 g/mol. The molecule has 0 bridgehead atoms. The van der Waals surface area contributed by atoms with Gasteiger partial charge in [0.2, 0.25) is 0 Å². The Hall–Kier alpha value is -1.35. The van der Waals surface area contributed by atoms with E-state index >= 15 is 0 Å². The van der Waals surface area contributed by atoms with Gasteiger partial charge in [-0.2, -0.15) is 0 Å². The molecule has 0 aromatic carbocycles. The quantitative estimate of drug-likeness (QED) is 0.847. The molecule has 0 unspecified atom stereocenters. The summed E-state index contributed by atoms with van der Waals surface area (Å²) in [6, 6.07) is 4.13. The number of aromatic amines is 1. The van der Waals surface area contributed by atoms with Crippen molar-refractivity contribution in [3.8, 4) is 0 Å². The Labute approximate surface area is 108 Å². The van der Waals surface area contributed by atoms with Gasteiger partial charge in [-0.15, -0.1) is 0 Å². The lowest BCUT2D eigenvalue weighted by Gasteiger charge is -2.19. The van der Waals surface area contributed by atoms with Gasteiger partial charge in [-0.1, -0.05) is 13.8 Å². The predicted octanol–water partition coefficient (Wildman–Crippen LogP) is 3.09. The van der Waals surface area contributed by atoms with Gasteiger partial charge in [0.15, 0.2) is 0 Å². The van der Waals surface area contributed by atoms with Crippen LogP contribution in [0.25, 0.3) is 11.0 Å². The van der Waals surface area contributed by atoms with Crippen LogP contribution in [0.2, 0.25) is 0 Å². The van der Waals surface area contributed by atoms with Crippen molar-refractivity contribution < 1.29 is 0 Å². The van der Waals surface area contributed by atoms with E-state index in [1.54, 1.807) is 0 Å². The smallest absolute Gasteiger partial charge is 0.137 e. The zero-order valence-electron chi connectivity index (χ0n) is 11.2. The molecule has 3 rings (SSSR count). The van der Waals surface area contributed by atoms with Crippen LogP contribution < -0.4 is 5.32 Å². The average molecular weight is 243 g/mol. The molecule has 1 aliphatic carbocycles. The third-order valence-electron chi connectivity index (χ3n) is 4.45. The Kier molecular flexibility index (Phi) is 2.86. The van der Waals surface area contributed by atoms with E-state index in [0.717, 1.165) is 24.7 Å². The summed E-state index contributed by atoms with van der Waals surface area (Å²) < 4.78 is 0. The highest BCUT2D eigenvalue weighted by Crippen LogP contribution is 2.51. The number of hydrogen-bond donors (Lipinski definition) is 2. The molecule has 96 valence electrons. The van der Waals surface area contributed by atoms with Crippen LogP contribution in [0.15, 0.2) is 24.5 Å². The lowest BCUT2D eigenvalue weighted by molar-refractivity contribution is 0.338. The summed E-state index contributed by atoms with van der Waals surface area (Å²) in [6.45, 7) is 6.74. The van der Waals surface area contributed by atoms with Crippen LogP contribution in [-0.4, -0.2) is 16.5 Å². The first-order chi connectivity index (χ1) is 8.71. The molecule has 2 heterocycles. The maximum atomic E-state index is 4.32. The van der Waals surface area contributed by atoms with Crippen LogP contribution in [0.4, 0.5) is 0 Å². The second-order valence-corrected chi connectivity index (χ2v) is 5.83. The molecule has 2 aromatic heterocycles. The molecule has 2 N–H and O–H groups in total. The van der Waals surface area contributed by atoms with Crippen LogP contribution in [0, 0.1) is 11.3 Å². The fourth-order valence-corrected chi connectivity index (χ4v) is 2.72. The number of fused-ring (bicyclic) bond motifs is 1. The zero-order chi connectivity index (χ0) is 12.6. The maximum Gasteiger partial charge on any atom is 0.137 e. The number of pyridine rings is 1. The van der Waals surface area contributed by atoms with E-state index in [4.69, 9.17) is 0 Å². The number of nitrogens with zero attached hydrogens (tertiary/aromatic N) is 1. The molecule has 0 amide bonds. The van der Waals surface area contributed by atoms with Gasteiger partial charge in [-0.05, 0) is 41.9 Å². The topological polar surface area (TPSA) is 40.7 Å². The van der Waals surface area contributed by atoms with Gasteiger partial charge in [0.1, 0.15) is 5.65 Å². The number of aromatic nitrogens is 2. The van der Waals surface area contributed by atoms with E-state index in [2.05, 4.69) is 41.4 Å². The van der Waals surface area contributed by atoms with Gasteiger partial charge in [0.25, 0.3) is 0 Å². The van der Waals surface area contributed by atoms with Crippen molar-refractivity contribution in [3.63, 3.8) is 0 Å². The second kappa shape index (κ2) is 4.39. The molecule has 1 aliphatic rings. The van der Waals surface area contributed by atoms with Gasteiger partial charge < -0.3 is 10.3 Å². The molecule has 0 aliphatic heterocycles. The Morgan fingerprint density at radius 3 is 3.00 bits per heavy atom. The number of nitrogens with one attached hydrogen (secondary N) is 2. The monoisotopic (exact) mass is 243 g/mol. The molecule has 1 saturated carbocycles. The molecule has 0 atom stereocenters. The van der Waals surface area contributed by atoms with Crippen LogP contribution in [0.3, 0.4) is 0 Å². The Balaban J connectivity index is 1.64. The summed E-state index contributed by atoms with van der Waals surface area (Å²) in [7, 11) is 0. The fourth-order valence-electron chi connectivity index (χ4n) is 2.72. The van der Waals surface area contributed by atoms with E-state index in [9.17, 15) is 0 Å². The molecule has 2 aromatic rings. The summed E-state index contributed by atoms with van der Waals surface area (Å²) in [5.41, 5.74) is 2.88. The second-order valence-electron chi connectivity index (χ2n) is 5.83. The predicted molar refractivity (Wildman–Crippen MR) is 74.3 cm³/mol. The van der Waals surface area contributed by atoms with E-state index < -0.39 is 0 Å². The molecule has 0 radical (unpaired) electrons. The van der Waals surface area contributed by atoms with Gasteiger partial charge in [-0.3, -0.25) is 0 Å². The van der Waals surface area contributed by atoms with Gasteiger partial charge in [0.05, 0.1) is 0 Å². The van der Waals surface area contributed by atoms with Crippen LogP contribution in [0.5, 0.6) is 0 Å². The number of rotatable bonds is 5. The fraction of sp³-hybridized carbons (Fsp3) is 0.533. The highest BCUT2D eigenvalue weighted by atomic mass is 14.9. The van der Waals surface area contributed by atoms with Crippen LogP contribution >= 0.6 is 0 Å². The van der Waals surface area contributed by atoms with Crippen molar-refractivity contribution in [1.29, 1.82) is 0 Å². The van der Waals surface area contributed by atoms with Crippen LogP contribution in [0.1, 0.15) is 32.3 Å². The third-order valence-corrected chi connectivity index (χ3v) is 4.45. The van der Waals surface area contributed by atoms with E-state index in [-0.39, 0.29) is 0 Å². The van der Waals surface area contributed by atoms with Gasteiger partial charge in [0, 0.05) is 30.9 Å². The molecule has 0 spiro atoms. The van der Waals surface area contributed by atoms with Crippen molar-refractivity contribution in [2.75, 3.05) is 6.54 Å². The highest BCUT2D eigenvalue weighted by Gasteiger charge is 2.44. The summed E-state index contributed by atoms with van der Waals surface area (Å²) >= 11 is 0. The summed E-state index contributed by atoms with van der Waals surface area (Å²) in [5.74, 6) is 0.787. The van der Waals surface area contributed by atoms with Crippen molar-refractivity contribution >= 4 is 11.0 Å². The summed E-state index contributed by atoms with van der Waals surface area (Å²) in [5, 5.41) is 4.85. The van der Waals surface area contributed by atoms with E-state index in [0.29, 0.717) is 5.41 Å². The lowest BCUT2D eigenvalue weighted by atomic mass is 9.92. The first kappa shape index (κ1) is 11.7. The van der Waals surface area contributed by atoms with Crippen molar-refractivity contribution in [2.24, 2.45) is 11.3 Å². The third kappa shape index (κ3) is 2.03. The molecular formula is C15H21N3. The molecule has 18 heavy (non-hydrogen) atoms. The number of H-pyrrole nitrogens is 1. The SMILES string of the molecule is CC(C)C1(CNCc2c[nH]c3ncccc23)CC1. The van der Waals surface area contributed by atoms with Crippen molar-refractivity contribution in [3.05, 3.63) is 30.1 Å². The largest absolute Gasteiger partial charge is 0.346 e. The lowest BCUT2D eigenvalue weighted by Crippen LogP contribution is -2.27. The van der Waals surface area contributed by atoms with Gasteiger partial charge >= 0.3 is 0 Å². The van der Waals surface area contributed by atoms with E-state index in [1.807, 2.05) is 12.3 Å². The standard InChI is InChI=1S/C15H21N3/c1-11(2)15(5-6-15)10-16-8-12-9-18-14-13(12)4-3-7-17-14/h3-4,7,9,11,16H,5-6,8,10H2,1-2H3,(H,17,18). The minimum Gasteiger partial charge on any atom is -0.346 e. The Bertz CT molecular complexity index is 537. The zero-order valence-corrected chi connectivity index (χ0v) is 11.2. The average Bonchev–Trinajstić information content (AvgIpc) is 3.06. The van der Waals surface area contributed by atoms with Crippen LogP contribution in [-0.2, 0) is 6.54 Å². The van der Waals surface area contributed by atoms with Crippen molar-refractivity contribution in [2.45, 2.75) is 33.2 Å². The molecule has 0 saturated heterocycles. The first-order valence-electron chi connectivity index (χ1n) is 6.83. The van der Waals surface area contributed by atoms with Gasteiger partial charge in [-0.25, -0.2) is 4.98 Å². The molecule has 1 fully saturated rings. The Morgan fingerprint density at radius 2 is 2.28 bits per heavy atom. The normalized spacial score (nSPS) is 17.5. The summed E-state index contributed by atoms with van der Waals surface area (Å²) in [4.78, 5) is 7.54. The minimum absolute atomic E-state index is 0.574. The minimum atomic E-state index is 0.574. The van der Waals surface area contributed by atoms with Crippen molar-refractivity contribution in [1.82, 2.24) is 15.3 Å². The first-order valence-corrected chi connectivity index (χ1v) is 6.83. The Morgan fingerprint density at radius 1 is 1.44 bits per heavy atom. The highest BCUT2D eigenvalue weighted by molar-refractivity contribution is 5.79. The van der Waals surface area contributed by atoms with E-state index in [1.165, 1.54) is 23.8 Å².